The van der Waals surface area contributed by atoms with Crippen LogP contribution in [0.25, 0.3) is 0 Å². The maximum absolute atomic E-state index is 12.9. The first-order valence-electron chi connectivity index (χ1n) is 9.53. The van der Waals surface area contributed by atoms with E-state index in [-0.39, 0.29) is 17.5 Å². The second-order valence-corrected chi connectivity index (χ2v) is 8.91. The molecule has 1 aliphatic heterocycles. The van der Waals surface area contributed by atoms with E-state index in [4.69, 9.17) is 4.74 Å². The first-order valence-corrected chi connectivity index (χ1v) is 11.0. The van der Waals surface area contributed by atoms with Gasteiger partial charge in [-0.1, -0.05) is 18.8 Å². The van der Waals surface area contributed by atoms with E-state index in [0.29, 0.717) is 10.1 Å². The summed E-state index contributed by atoms with van der Waals surface area (Å²) in [6.45, 7) is 5.96. The van der Waals surface area contributed by atoms with Gasteiger partial charge in [0.05, 0.1) is 23.5 Å². The molecule has 0 spiro atoms. The molecule has 2 N–H and O–H groups in total. The standard InChI is InChI=1S/C20H27N3O6S/c1-5-22(4)14(2)7-6-12-29-16-8-10-17(11-9-16)30(27,28)23-13-18(24)21-15(3)19(23)20(25)26/h8-11,14-15,19H,5,12-13H2,1-4H3,(H,21,24)(H,25,26). The van der Waals surface area contributed by atoms with Crippen LogP contribution in [0.1, 0.15) is 20.8 Å². The smallest absolute Gasteiger partial charge is 0.324 e. The van der Waals surface area contributed by atoms with E-state index < -0.39 is 40.5 Å². The average Bonchev–Trinajstić information content (AvgIpc) is 2.69. The Morgan fingerprint density at radius 1 is 1.40 bits per heavy atom. The molecule has 0 aliphatic carbocycles. The first-order chi connectivity index (χ1) is 14.1. The highest BCUT2D eigenvalue weighted by atomic mass is 32.2. The van der Waals surface area contributed by atoms with Crippen molar-refractivity contribution in [2.75, 3.05) is 26.7 Å². The van der Waals surface area contributed by atoms with Crippen molar-refractivity contribution >= 4 is 21.9 Å². The molecule has 1 aliphatic rings. The zero-order valence-corrected chi connectivity index (χ0v) is 18.3. The topological polar surface area (TPSA) is 116 Å². The van der Waals surface area contributed by atoms with Gasteiger partial charge in [0.25, 0.3) is 0 Å². The van der Waals surface area contributed by atoms with Crippen molar-refractivity contribution in [2.24, 2.45) is 0 Å². The summed E-state index contributed by atoms with van der Waals surface area (Å²) in [7, 11) is -2.21. The molecule has 0 radical (unpaired) electrons. The molecule has 0 saturated carbocycles. The molecule has 10 heteroatoms. The summed E-state index contributed by atoms with van der Waals surface area (Å²) in [6, 6.07) is 3.44. The molecule has 9 nitrogen and oxygen atoms in total. The van der Waals surface area contributed by atoms with Crippen LogP contribution < -0.4 is 10.1 Å². The van der Waals surface area contributed by atoms with Crippen LogP contribution in [0.15, 0.2) is 29.2 Å². The molecule has 3 unspecified atom stereocenters. The van der Waals surface area contributed by atoms with Crippen LogP contribution in [0.2, 0.25) is 0 Å². The maximum Gasteiger partial charge on any atom is 0.324 e. The minimum Gasteiger partial charge on any atom is -0.481 e. The van der Waals surface area contributed by atoms with E-state index in [1.165, 1.54) is 31.2 Å². The van der Waals surface area contributed by atoms with Gasteiger partial charge in [-0.15, -0.1) is 0 Å². The molecular formula is C20H27N3O6S. The number of ether oxygens (including phenoxy) is 1. The van der Waals surface area contributed by atoms with E-state index in [2.05, 4.69) is 22.1 Å². The Hall–Kier alpha value is -2.61. The van der Waals surface area contributed by atoms with Gasteiger partial charge in [-0.2, -0.15) is 4.31 Å². The Morgan fingerprint density at radius 3 is 2.60 bits per heavy atom. The molecule has 1 amide bonds. The molecule has 2 rings (SSSR count). The number of nitrogens with zero attached hydrogens (tertiary/aromatic N) is 2. The summed E-state index contributed by atoms with van der Waals surface area (Å²) in [5.41, 5.74) is 0. The van der Waals surface area contributed by atoms with Crippen molar-refractivity contribution in [3.05, 3.63) is 24.3 Å². The predicted molar refractivity (Wildman–Crippen MR) is 110 cm³/mol. The lowest BCUT2D eigenvalue weighted by Crippen LogP contribution is -2.63. The number of carbonyl (C=O) groups is 2. The summed E-state index contributed by atoms with van der Waals surface area (Å²) in [6.07, 6.45) is 0. The summed E-state index contributed by atoms with van der Waals surface area (Å²) in [5.74, 6) is 4.54. The van der Waals surface area contributed by atoms with Crippen molar-refractivity contribution in [3.63, 3.8) is 0 Å². The van der Waals surface area contributed by atoms with Gasteiger partial charge in [-0.25, -0.2) is 8.42 Å². The molecule has 0 aromatic heterocycles. The number of piperazine rings is 1. The summed E-state index contributed by atoms with van der Waals surface area (Å²) in [5, 5.41) is 11.9. The number of aliphatic carboxylic acids is 1. The Morgan fingerprint density at radius 2 is 2.03 bits per heavy atom. The quantitative estimate of drug-likeness (QED) is 0.592. The SMILES string of the molecule is CCN(C)C(C)C#CCOc1ccc(S(=O)(=O)N2CC(=O)NC(C)C2C(=O)O)cc1. The molecule has 1 fully saturated rings. The van der Waals surface area contributed by atoms with Crippen molar-refractivity contribution in [1.29, 1.82) is 0 Å². The van der Waals surface area contributed by atoms with Gasteiger partial charge in [0.2, 0.25) is 15.9 Å². The fraction of sp³-hybridized carbons (Fsp3) is 0.500. The van der Waals surface area contributed by atoms with Gasteiger partial charge in [0.15, 0.2) is 0 Å². The zero-order chi connectivity index (χ0) is 22.5. The molecule has 30 heavy (non-hydrogen) atoms. The number of nitrogens with one attached hydrogen (secondary N) is 1. The fourth-order valence-corrected chi connectivity index (χ4v) is 4.59. The van der Waals surface area contributed by atoms with E-state index >= 15 is 0 Å². The minimum absolute atomic E-state index is 0.0948. The molecular weight excluding hydrogens is 410 g/mol. The summed E-state index contributed by atoms with van der Waals surface area (Å²) < 4.78 is 32.1. The van der Waals surface area contributed by atoms with Crippen LogP contribution >= 0.6 is 0 Å². The third-order valence-corrected chi connectivity index (χ3v) is 6.78. The van der Waals surface area contributed by atoms with Crippen LogP contribution in [0.4, 0.5) is 0 Å². The normalized spacial score (nSPS) is 20.8. The Balaban J connectivity index is 2.12. The number of sulfonamides is 1. The zero-order valence-electron chi connectivity index (χ0n) is 17.5. The Labute approximate surface area is 177 Å². The highest BCUT2D eigenvalue weighted by Gasteiger charge is 2.44. The van der Waals surface area contributed by atoms with Gasteiger partial charge >= 0.3 is 5.97 Å². The predicted octanol–water partition coefficient (Wildman–Crippen LogP) is 0.371. The molecule has 1 saturated heterocycles. The number of rotatable bonds is 7. The molecule has 1 aromatic rings. The Bertz CT molecular complexity index is 936. The number of hydrogen-bond donors (Lipinski definition) is 2. The van der Waals surface area contributed by atoms with Crippen LogP contribution in [0.3, 0.4) is 0 Å². The molecule has 1 aromatic carbocycles. The average molecular weight is 438 g/mol. The number of carboxylic acids is 1. The highest BCUT2D eigenvalue weighted by molar-refractivity contribution is 7.89. The maximum atomic E-state index is 12.9. The van der Waals surface area contributed by atoms with Gasteiger partial charge in [0, 0.05) is 0 Å². The third-order valence-electron chi connectivity index (χ3n) is 4.94. The van der Waals surface area contributed by atoms with Crippen molar-refractivity contribution in [2.45, 2.75) is 43.8 Å². The fourth-order valence-electron chi connectivity index (χ4n) is 2.98. The lowest BCUT2D eigenvalue weighted by molar-refractivity contribution is -0.144. The second kappa shape index (κ2) is 9.93. The van der Waals surface area contributed by atoms with E-state index in [0.717, 1.165) is 6.54 Å². The van der Waals surface area contributed by atoms with Crippen molar-refractivity contribution < 1.29 is 27.9 Å². The van der Waals surface area contributed by atoms with Crippen LogP contribution in [-0.2, 0) is 19.6 Å². The van der Waals surface area contributed by atoms with Crippen LogP contribution in [0.5, 0.6) is 5.75 Å². The first kappa shape index (κ1) is 23.7. The van der Waals surface area contributed by atoms with Gasteiger partial charge < -0.3 is 15.2 Å². The van der Waals surface area contributed by atoms with Gasteiger partial charge in [0.1, 0.15) is 18.4 Å². The Kier molecular flexibility index (Phi) is 7.83. The lowest BCUT2D eigenvalue weighted by atomic mass is 10.1. The largest absolute Gasteiger partial charge is 0.481 e. The van der Waals surface area contributed by atoms with Crippen LogP contribution in [0, 0.1) is 11.8 Å². The van der Waals surface area contributed by atoms with E-state index in [1.54, 1.807) is 0 Å². The molecule has 164 valence electrons. The summed E-state index contributed by atoms with van der Waals surface area (Å²) in [4.78, 5) is 25.3. The number of carboxylic acid groups (broad SMARTS) is 1. The number of amides is 1. The monoisotopic (exact) mass is 437 g/mol. The molecule has 0 bridgehead atoms. The number of carbonyl (C=O) groups excluding carboxylic acids is 1. The van der Waals surface area contributed by atoms with Crippen molar-refractivity contribution in [3.8, 4) is 17.6 Å². The van der Waals surface area contributed by atoms with Crippen molar-refractivity contribution in [1.82, 2.24) is 14.5 Å². The summed E-state index contributed by atoms with van der Waals surface area (Å²) >= 11 is 0. The van der Waals surface area contributed by atoms with Gasteiger partial charge in [-0.3, -0.25) is 14.5 Å². The second-order valence-electron chi connectivity index (χ2n) is 7.02. The van der Waals surface area contributed by atoms with E-state index in [9.17, 15) is 23.1 Å². The van der Waals surface area contributed by atoms with Gasteiger partial charge in [-0.05, 0) is 51.7 Å². The highest BCUT2D eigenvalue weighted by Crippen LogP contribution is 2.24. The van der Waals surface area contributed by atoms with Crippen LogP contribution in [-0.4, -0.2) is 79.5 Å². The molecule has 1 heterocycles. The number of hydrogen-bond acceptors (Lipinski definition) is 6. The lowest BCUT2D eigenvalue weighted by Gasteiger charge is -2.36. The van der Waals surface area contributed by atoms with E-state index in [1.807, 2.05) is 20.9 Å². The minimum atomic E-state index is -4.19. The number of benzene rings is 1. The molecule has 3 atom stereocenters. The third kappa shape index (κ3) is 5.50.